The minimum absolute atomic E-state index is 0.107. The van der Waals surface area contributed by atoms with E-state index < -0.39 is 10.0 Å². The van der Waals surface area contributed by atoms with E-state index in [2.05, 4.69) is 5.32 Å². The Kier molecular flexibility index (Phi) is 6.89. The van der Waals surface area contributed by atoms with Crippen LogP contribution in [-0.4, -0.2) is 57.6 Å². The molecule has 8 heteroatoms. The van der Waals surface area contributed by atoms with Gasteiger partial charge in [0.15, 0.2) is 0 Å². The molecule has 1 saturated heterocycles. The number of nitrogens with one attached hydrogen (secondary N) is 1. The van der Waals surface area contributed by atoms with Gasteiger partial charge in [-0.1, -0.05) is 24.3 Å². The van der Waals surface area contributed by atoms with Gasteiger partial charge in [-0.25, -0.2) is 8.42 Å². The molecule has 0 bridgehead atoms. The highest BCUT2D eigenvalue weighted by atomic mass is 32.2. The van der Waals surface area contributed by atoms with Gasteiger partial charge < -0.3 is 14.8 Å². The molecule has 0 spiro atoms. The van der Waals surface area contributed by atoms with Crippen molar-refractivity contribution >= 4 is 15.9 Å². The number of carbonyl (C=O) groups is 1. The van der Waals surface area contributed by atoms with Crippen molar-refractivity contribution < 1.29 is 22.7 Å². The van der Waals surface area contributed by atoms with E-state index in [1.807, 2.05) is 38.1 Å². The second kappa shape index (κ2) is 9.39. The molecule has 1 fully saturated rings. The third kappa shape index (κ3) is 5.35. The molecule has 2 aromatic carbocycles. The monoisotopic (exact) mass is 418 g/mol. The Balaban J connectivity index is 1.63. The number of sulfonamides is 1. The summed E-state index contributed by atoms with van der Waals surface area (Å²) in [6.45, 7) is 5.47. The van der Waals surface area contributed by atoms with E-state index in [4.69, 9.17) is 9.47 Å². The van der Waals surface area contributed by atoms with Crippen molar-refractivity contribution in [3.63, 3.8) is 0 Å². The molecule has 0 radical (unpaired) electrons. The normalized spacial score (nSPS) is 16.2. The fourth-order valence-corrected chi connectivity index (χ4v) is 4.47. The molecule has 1 heterocycles. The van der Waals surface area contributed by atoms with Crippen LogP contribution >= 0.6 is 0 Å². The predicted molar refractivity (Wildman–Crippen MR) is 110 cm³/mol. The largest absolute Gasteiger partial charge is 0.491 e. The summed E-state index contributed by atoms with van der Waals surface area (Å²) in [5, 5.41) is 2.85. The number of amides is 1. The summed E-state index contributed by atoms with van der Waals surface area (Å²) >= 11 is 0. The summed E-state index contributed by atoms with van der Waals surface area (Å²) in [5.41, 5.74) is 1.31. The molecule has 7 nitrogen and oxygen atoms in total. The Bertz CT molecular complexity index is 955. The lowest BCUT2D eigenvalue weighted by Gasteiger charge is -2.26. The number of morpholine rings is 1. The maximum atomic E-state index is 12.8. The number of carbonyl (C=O) groups excluding carboxylic acids is 1. The fraction of sp³-hybridized carbons (Fsp3) is 0.381. The molecule has 1 amide bonds. The summed E-state index contributed by atoms with van der Waals surface area (Å²) in [7, 11) is -3.65. The van der Waals surface area contributed by atoms with Crippen LogP contribution in [0.4, 0.5) is 0 Å². The average Bonchev–Trinajstić information content (AvgIpc) is 2.74. The molecule has 0 unspecified atom stereocenters. The van der Waals surface area contributed by atoms with Crippen LogP contribution < -0.4 is 10.1 Å². The maximum Gasteiger partial charge on any atom is 0.251 e. The molecule has 1 atom stereocenters. The highest BCUT2D eigenvalue weighted by molar-refractivity contribution is 7.89. The lowest BCUT2D eigenvalue weighted by Crippen LogP contribution is -2.40. The van der Waals surface area contributed by atoms with E-state index in [9.17, 15) is 13.2 Å². The number of hydrogen-bond donors (Lipinski definition) is 1. The first-order valence-corrected chi connectivity index (χ1v) is 11.0. The van der Waals surface area contributed by atoms with Gasteiger partial charge >= 0.3 is 0 Å². The summed E-state index contributed by atoms with van der Waals surface area (Å²) in [6.07, 6.45) is 0. The number of hydrogen-bond acceptors (Lipinski definition) is 5. The Morgan fingerprint density at radius 2 is 1.90 bits per heavy atom. The minimum Gasteiger partial charge on any atom is -0.491 e. The molecule has 29 heavy (non-hydrogen) atoms. The third-order valence-corrected chi connectivity index (χ3v) is 6.56. The molecule has 2 aromatic rings. The smallest absolute Gasteiger partial charge is 0.251 e. The van der Waals surface area contributed by atoms with Gasteiger partial charge in [0.05, 0.1) is 24.2 Å². The number of para-hydroxylation sites is 1. The standard InChI is InChI=1S/C21H26N2O5S/c1-16-6-3-4-9-20(16)28-15-17(2)22-21(24)18-7-5-8-19(14-18)29(25,26)23-10-12-27-13-11-23/h3-9,14,17H,10-13,15H2,1-2H3,(H,22,24)/t17-/m0/s1. The summed E-state index contributed by atoms with van der Waals surface area (Å²) in [5.74, 6) is 0.428. The van der Waals surface area contributed by atoms with Crippen LogP contribution in [0, 0.1) is 6.92 Å². The van der Waals surface area contributed by atoms with Gasteiger partial charge in [0.2, 0.25) is 10.0 Å². The first-order valence-electron chi connectivity index (χ1n) is 9.55. The van der Waals surface area contributed by atoms with Crippen LogP contribution in [0.3, 0.4) is 0 Å². The van der Waals surface area contributed by atoms with E-state index >= 15 is 0 Å². The van der Waals surface area contributed by atoms with Crippen molar-refractivity contribution in [2.75, 3.05) is 32.9 Å². The van der Waals surface area contributed by atoms with E-state index in [-0.39, 0.29) is 16.8 Å². The van der Waals surface area contributed by atoms with E-state index in [0.717, 1.165) is 11.3 Å². The minimum atomic E-state index is -3.65. The Labute approximate surface area is 171 Å². The SMILES string of the molecule is Cc1ccccc1OC[C@H](C)NC(=O)c1cccc(S(=O)(=O)N2CCOCC2)c1. The molecule has 156 valence electrons. The van der Waals surface area contributed by atoms with Gasteiger partial charge in [0.1, 0.15) is 12.4 Å². The maximum absolute atomic E-state index is 12.8. The highest BCUT2D eigenvalue weighted by Gasteiger charge is 2.27. The molecule has 3 rings (SSSR count). The summed E-state index contributed by atoms with van der Waals surface area (Å²) in [4.78, 5) is 12.7. The topological polar surface area (TPSA) is 84.9 Å². The zero-order chi connectivity index (χ0) is 20.9. The van der Waals surface area contributed by atoms with Gasteiger partial charge in [0, 0.05) is 18.7 Å². The Hall–Kier alpha value is -2.42. The zero-order valence-electron chi connectivity index (χ0n) is 16.6. The van der Waals surface area contributed by atoms with Crippen molar-refractivity contribution in [1.82, 2.24) is 9.62 Å². The first-order chi connectivity index (χ1) is 13.9. The van der Waals surface area contributed by atoms with Crippen molar-refractivity contribution in [1.29, 1.82) is 0 Å². The third-order valence-electron chi connectivity index (χ3n) is 4.66. The van der Waals surface area contributed by atoms with E-state index in [0.29, 0.717) is 38.5 Å². The van der Waals surface area contributed by atoms with Gasteiger partial charge in [0.25, 0.3) is 5.91 Å². The van der Waals surface area contributed by atoms with Crippen LogP contribution in [0.25, 0.3) is 0 Å². The van der Waals surface area contributed by atoms with Crippen molar-refractivity contribution in [3.8, 4) is 5.75 Å². The molecule has 1 N–H and O–H groups in total. The van der Waals surface area contributed by atoms with Crippen LogP contribution in [0.15, 0.2) is 53.4 Å². The van der Waals surface area contributed by atoms with Gasteiger partial charge in [-0.3, -0.25) is 4.79 Å². The number of ether oxygens (including phenoxy) is 2. The van der Waals surface area contributed by atoms with E-state index in [1.54, 1.807) is 12.1 Å². The average molecular weight is 419 g/mol. The Morgan fingerprint density at radius 3 is 2.62 bits per heavy atom. The summed E-state index contributed by atoms with van der Waals surface area (Å²) < 4.78 is 37.9. The van der Waals surface area contributed by atoms with Crippen LogP contribution in [0.5, 0.6) is 5.75 Å². The van der Waals surface area contributed by atoms with Gasteiger partial charge in [-0.05, 0) is 43.7 Å². The summed E-state index contributed by atoms with van der Waals surface area (Å²) in [6, 6.07) is 13.5. The van der Waals surface area contributed by atoms with Crippen molar-refractivity contribution in [3.05, 3.63) is 59.7 Å². The molecule has 0 aliphatic carbocycles. The first kappa shape index (κ1) is 21.3. The molecule has 1 aliphatic rings. The fourth-order valence-electron chi connectivity index (χ4n) is 3.02. The van der Waals surface area contributed by atoms with E-state index in [1.165, 1.54) is 16.4 Å². The number of benzene rings is 2. The zero-order valence-corrected chi connectivity index (χ0v) is 17.4. The van der Waals surface area contributed by atoms with Gasteiger partial charge in [-0.15, -0.1) is 0 Å². The molecular weight excluding hydrogens is 392 g/mol. The Morgan fingerprint density at radius 1 is 1.17 bits per heavy atom. The lowest BCUT2D eigenvalue weighted by molar-refractivity contribution is 0.0730. The number of aryl methyl sites for hydroxylation is 1. The van der Waals surface area contributed by atoms with Crippen LogP contribution in [0.2, 0.25) is 0 Å². The van der Waals surface area contributed by atoms with Crippen LogP contribution in [-0.2, 0) is 14.8 Å². The second-order valence-electron chi connectivity index (χ2n) is 7.00. The van der Waals surface area contributed by atoms with Crippen molar-refractivity contribution in [2.45, 2.75) is 24.8 Å². The molecule has 0 aromatic heterocycles. The second-order valence-corrected chi connectivity index (χ2v) is 8.93. The molecule has 1 aliphatic heterocycles. The molecular formula is C21H26N2O5S. The molecule has 0 saturated carbocycles. The number of rotatable bonds is 7. The van der Waals surface area contributed by atoms with Crippen molar-refractivity contribution in [2.24, 2.45) is 0 Å². The quantitative estimate of drug-likeness (QED) is 0.745. The number of nitrogens with zero attached hydrogens (tertiary/aromatic N) is 1. The van der Waals surface area contributed by atoms with Crippen LogP contribution in [0.1, 0.15) is 22.8 Å². The lowest BCUT2D eigenvalue weighted by atomic mass is 10.2. The highest BCUT2D eigenvalue weighted by Crippen LogP contribution is 2.19. The van der Waals surface area contributed by atoms with Gasteiger partial charge in [-0.2, -0.15) is 4.31 Å². The predicted octanol–water partition coefficient (Wildman–Crippen LogP) is 2.21.